The summed E-state index contributed by atoms with van der Waals surface area (Å²) >= 11 is 0. The predicted octanol–water partition coefficient (Wildman–Crippen LogP) is 5.31. The van der Waals surface area contributed by atoms with Crippen LogP contribution in [0.15, 0.2) is 11.1 Å². The van der Waals surface area contributed by atoms with E-state index in [0.717, 1.165) is 51.6 Å². The van der Waals surface area contributed by atoms with Crippen molar-refractivity contribution in [1.82, 2.24) is 4.90 Å². The Bertz CT molecular complexity index is 1080. The first-order valence-electron chi connectivity index (χ1n) is 15.9. The molecule has 12 atom stereocenters. The van der Waals surface area contributed by atoms with E-state index in [9.17, 15) is 14.4 Å². The molecule has 2 saturated carbocycles. The SMILES string of the molecule is CC(=O)O[C@H]1CC[C@]2(C)C3=C(C[C@@H](OC(C)=O)C2C1)C1CCC2C(CN4C[C@H](C)C[C@@H](OC(C)=O)C4[C@@H]2C)C1C3. The van der Waals surface area contributed by atoms with E-state index < -0.39 is 0 Å². The van der Waals surface area contributed by atoms with Crippen molar-refractivity contribution in [1.29, 1.82) is 0 Å². The average Bonchev–Trinajstić information content (AvgIpc) is 3.23. The highest BCUT2D eigenvalue weighted by atomic mass is 16.6. The van der Waals surface area contributed by atoms with E-state index in [4.69, 9.17) is 14.2 Å². The molecular formula is C33H49NO6. The molecule has 7 nitrogen and oxygen atoms in total. The van der Waals surface area contributed by atoms with Gasteiger partial charge in [0.25, 0.3) is 0 Å². The first kappa shape index (κ1) is 28.2. The summed E-state index contributed by atoms with van der Waals surface area (Å²) in [5.74, 6) is 3.14. The van der Waals surface area contributed by atoms with Gasteiger partial charge in [-0.2, -0.15) is 0 Å². The summed E-state index contributed by atoms with van der Waals surface area (Å²) in [7, 11) is 0. The predicted molar refractivity (Wildman–Crippen MR) is 150 cm³/mol. The first-order chi connectivity index (χ1) is 19.0. The van der Waals surface area contributed by atoms with Crippen LogP contribution in [-0.4, -0.2) is 60.3 Å². The molecular weight excluding hydrogens is 506 g/mol. The normalized spacial score (nSPS) is 46.2. The number of hydrogen-bond acceptors (Lipinski definition) is 7. The monoisotopic (exact) mass is 555 g/mol. The minimum Gasteiger partial charge on any atom is -0.463 e. The molecule has 0 aromatic rings. The molecule has 0 aromatic heterocycles. The van der Waals surface area contributed by atoms with Crippen molar-refractivity contribution in [3.05, 3.63) is 11.1 Å². The van der Waals surface area contributed by atoms with E-state index in [1.54, 1.807) is 18.1 Å². The number of nitrogens with zero attached hydrogens (tertiary/aromatic N) is 1. The summed E-state index contributed by atoms with van der Waals surface area (Å²) in [6.45, 7) is 13.9. The molecule has 7 heteroatoms. The summed E-state index contributed by atoms with van der Waals surface area (Å²) in [5, 5.41) is 0. The second-order valence-electron chi connectivity index (χ2n) is 14.6. The molecule has 6 unspecified atom stereocenters. The molecule has 6 rings (SSSR count). The second-order valence-corrected chi connectivity index (χ2v) is 14.6. The van der Waals surface area contributed by atoms with Crippen molar-refractivity contribution >= 4 is 17.9 Å². The highest BCUT2D eigenvalue weighted by Crippen LogP contribution is 2.65. The Kier molecular flexibility index (Phi) is 7.36. The lowest BCUT2D eigenvalue weighted by Crippen LogP contribution is -2.63. The zero-order chi connectivity index (χ0) is 28.5. The van der Waals surface area contributed by atoms with Crippen molar-refractivity contribution in [2.24, 2.45) is 46.8 Å². The second kappa shape index (κ2) is 10.4. The molecule has 2 saturated heterocycles. The highest BCUT2D eigenvalue weighted by Gasteiger charge is 2.59. The zero-order valence-electron chi connectivity index (χ0n) is 25.3. The molecule has 0 radical (unpaired) electrons. The van der Waals surface area contributed by atoms with Crippen molar-refractivity contribution in [2.45, 2.75) is 117 Å². The summed E-state index contributed by atoms with van der Waals surface area (Å²) < 4.78 is 17.7. The van der Waals surface area contributed by atoms with Crippen LogP contribution in [0.1, 0.15) is 92.9 Å². The van der Waals surface area contributed by atoms with Gasteiger partial charge in [0, 0.05) is 52.2 Å². The third-order valence-electron chi connectivity index (χ3n) is 12.2. The van der Waals surface area contributed by atoms with Crippen LogP contribution in [0.25, 0.3) is 0 Å². The van der Waals surface area contributed by atoms with Gasteiger partial charge in [-0.3, -0.25) is 19.3 Å². The lowest BCUT2D eigenvalue weighted by atomic mass is 9.56. The highest BCUT2D eigenvalue weighted by molar-refractivity contribution is 5.67. The quantitative estimate of drug-likeness (QED) is 0.265. The lowest BCUT2D eigenvalue weighted by Gasteiger charge is -2.57. The van der Waals surface area contributed by atoms with Crippen molar-refractivity contribution in [3.8, 4) is 0 Å². The van der Waals surface area contributed by atoms with Gasteiger partial charge in [0.05, 0.1) is 0 Å². The maximum absolute atomic E-state index is 12.2. The molecule has 222 valence electrons. The fourth-order valence-corrected chi connectivity index (χ4v) is 10.9. The summed E-state index contributed by atoms with van der Waals surface area (Å²) in [6.07, 6.45) is 7.80. The molecule has 40 heavy (non-hydrogen) atoms. The molecule has 4 fully saturated rings. The van der Waals surface area contributed by atoms with Crippen molar-refractivity contribution in [3.63, 3.8) is 0 Å². The Morgan fingerprint density at radius 1 is 0.800 bits per heavy atom. The van der Waals surface area contributed by atoms with E-state index in [0.29, 0.717) is 41.5 Å². The van der Waals surface area contributed by atoms with Gasteiger partial charge in [0.2, 0.25) is 0 Å². The van der Waals surface area contributed by atoms with Gasteiger partial charge in [-0.05, 0) is 85.9 Å². The van der Waals surface area contributed by atoms with Crippen LogP contribution in [0.4, 0.5) is 0 Å². The number of esters is 3. The maximum atomic E-state index is 12.2. The summed E-state index contributed by atoms with van der Waals surface area (Å²) in [5.41, 5.74) is 3.23. The molecule has 0 N–H and O–H groups in total. The van der Waals surface area contributed by atoms with E-state index >= 15 is 0 Å². The molecule has 4 aliphatic carbocycles. The van der Waals surface area contributed by atoms with E-state index in [2.05, 4.69) is 25.7 Å². The van der Waals surface area contributed by atoms with Crippen LogP contribution >= 0.6 is 0 Å². The fourth-order valence-electron chi connectivity index (χ4n) is 10.9. The third kappa shape index (κ3) is 4.72. The van der Waals surface area contributed by atoms with E-state index in [1.165, 1.54) is 26.7 Å². The molecule has 2 aliphatic heterocycles. The third-order valence-corrected chi connectivity index (χ3v) is 12.2. The summed E-state index contributed by atoms with van der Waals surface area (Å²) in [6, 6.07) is 0.327. The molecule has 2 heterocycles. The molecule has 6 aliphatic rings. The zero-order valence-corrected chi connectivity index (χ0v) is 25.3. The first-order valence-corrected chi connectivity index (χ1v) is 15.9. The number of carbonyl (C=O) groups is 3. The standard InChI is InChI=1S/C33H49NO6/c1-17-11-31(40-21(5)37)32-18(2)23-7-8-24-25(27(23)16-34(32)15-17)13-28-26(24)14-30(39-20(4)36)29-12-22(38-19(3)35)9-10-33(28,29)6/h17-18,22-25,27,29-32H,7-16H2,1-6H3/t17-,18-,22+,23?,24?,25?,27?,29?,30-,31-,32?,33-/m1/s1. The Balaban J connectivity index is 1.27. The fraction of sp³-hybridized carbons (Fsp3) is 0.848. The van der Waals surface area contributed by atoms with Gasteiger partial charge < -0.3 is 14.2 Å². The largest absolute Gasteiger partial charge is 0.463 e. The van der Waals surface area contributed by atoms with Gasteiger partial charge in [-0.1, -0.05) is 31.9 Å². The number of ether oxygens (including phenoxy) is 3. The number of carbonyl (C=O) groups excluding carboxylic acids is 3. The Morgan fingerprint density at radius 3 is 2.20 bits per heavy atom. The van der Waals surface area contributed by atoms with Crippen LogP contribution in [0.5, 0.6) is 0 Å². The maximum Gasteiger partial charge on any atom is 0.302 e. The molecule has 0 aromatic carbocycles. The van der Waals surface area contributed by atoms with Crippen LogP contribution in [0.3, 0.4) is 0 Å². The van der Waals surface area contributed by atoms with Crippen molar-refractivity contribution in [2.75, 3.05) is 13.1 Å². The van der Waals surface area contributed by atoms with Gasteiger partial charge in [0.1, 0.15) is 18.3 Å². The van der Waals surface area contributed by atoms with E-state index in [-0.39, 0.29) is 47.6 Å². The molecule has 0 amide bonds. The van der Waals surface area contributed by atoms with Gasteiger partial charge in [0.15, 0.2) is 0 Å². The topological polar surface area (TPSA) is 82.1 Å². The van der Waals surface area contributed by atoms with Crippen molar-refractivity contribution < 1.29 is 28.6 Å². The van der Waals surface area contributed by atoms with Gasteiger partial charge >= 0.3 is 17.9 Å². The van der Waals surface area contributed by atoms with Crippen LogP contribution in [0, 0.1) is 46.8 Å². The number of fused-ring (bicyclic) bond motifs is 7. The summed E-state index contributed by atoms with van der Waals surface area (Å²) in [4.78, 5) is 38.7. The van der Waals surface area contributed by atoms with Gasteiger partial charge in [-0.25, -0.2) is 0 Å². The lowest BCUT2D eigenvalue weighted by molar-refractivity contribution is -0.166. The average molecular weight is 556 g/mol. The number of piperidine rings is 2. The molecule has 0 spiro atoms. The number of hydrogen-bond donors (Lipinski definition) is 0. The number of rotatable bonds is 3. The van der Waals surface area contributed by atoms with Crippen LogP contribution in [0.2, 0.25) is 0 Å². The Morgan fingerprint density at radius 2 is 1.50 bits per heavy atom. The minimum absolute atomic E-state index is 0.00129. The van der Waals surface area contributed by atoms with Gasteiger partial charge in [-0.15, -0.1) is 0 Å². The smallest absolute Gasteiger partial charge is 0.302 e. The Labute approximate surface area is 239 Å². The molecule has 0 bridgehead atoms. The number of allylic oxidation sites excluding steroid dienone is 1. The van der Waals surface area contributed by atoms with Crippen LogP contribution in [-0.2, 0) is 28.6 Å². The van der Waals surface area contributed by atoms with E-state index in [1.807, 2.05) is 0 Å². The minimum atomic E-state index is -0.223. The van der Waals surface area contributed by atoms with Crippen LogP contribution < -0.4 is 0 Å². The Hall–Kier alpha value is -1.89.